The second-order valence-electron chi connectivity index (χ2n) is 9.17. The van der Waals surface area contributed by atoms with E-state index in [9.17, 15) is 9.65 Å². The van der Waals surface area contributed by atoms with Crippen LogP contribution in [0.2, 0.25) is 0 Å². The van der Waals surface area contributed by atoms with Crippen LogP contribution in [0.5, 0.6) is 0 Å². The van der Waals surface area contributed by atoms with E-state index < -0.39 is 11.6 Å². The molecule has 186 valence electrons. The molecule has 4 heterocycles. The fraction of sp³-hybridized carbons (Fsp3) is 0.269. The molecule has 9 nitrogen and oxygen atoms in total. The van der Waals surface area contributed by atoms with Crippen LogP contribution in [0, 0.1) is 23.0 Å². The van der Waals surface area contributed by atoms with Gasteiger partial charge < -0.3 is 10.2 Å². The topological polar surface area (TPSA) is 100.0 Å². The molecular weight excluding hydrogens is 476 g/mol. The molecule has 37 heavy (non-hydrogen) atoms. The smallest absolute Gasteiger partial charge is 0.181 e. The molecule has 1 saturated heterocycles. The Morgan fingerprint density at radius 2 is 2.03 bits per heavy atom. The maximum atomic E-state index is 15.7. The number of aryl methyl sites for hydroxylation is 1. The van der Waals surface area contributed by atoms with Crippen LogP contribution in [-0.2, 0) is 7.05 Å². The van der Waals surface area contributed by atoms with Crippen molar-refractivity contribution in [3.05, 3.63) is 59.9 Å². The number of nitrogens with zero attached hydrogens (tertiary/aromatic N) is 8. The van der Waals surface area contributed by atoms with Gasteiger partial charge in [-0.2, -0.15) is 5.26 Å². The molecule has 0 radical (unpaired) electrons. The minimum atomic E-state index is -0.668. The number of rotatable bonds is 4. The normalized spacial score (nSPS) is 16.0. The van der Waals surface area contributed by atoms with Crippen LogP contribution >= 0.6 is 0 Å². The lowest BCUT2D eigenvalue weighted by molar-refractivity contribution is 0.448. The summed E-state index contributed by atoms with van der Waals surface area (Å²) in [6.07, 6.45) is 5.45. The Kier molecular flexibility index (Phi) is 5.53. The summed E-state index contributed by atoms with van der Waals surface area (Å²) in [4.78, 5) is 11.7. The third-order valence-corrected chi connectivity index (χ3v) is 6.97. The molecule has 0 unspecified atom stereocenters. The first-order chi connectivity index (χ1) is 18.0. The van der Waals surface area contributed by atoms with Crippen molar-refractivity contribution in [2.75, 3.05) is 25.0 Å². The van der Waals surface area contributed by atoms with Crippen LogP contribution in [0.4, 0.5) is 14.6 Å². The van der Waals surface area contributed by atoms with Gasteiger partial charge in [0.2, 0.25) is 0 Å². The molecule has 1 aliphatic rings. The zero-order valence-corrected chi connectivity index (χ0v) is 20.3. The molecule has 3 aromatic heterocycles. The van der Waals surface area contributed by atoms with E-state index in [0.29, 0.717) is 45.5 Å². The van der Waals surface area contributed by atoms with E-state index in [1.54, 1.807) is 36.0 Å². The SMILES string of the molecule is CN[C@@H]1CCCN(c2nccn3c(-c4cc5nnn(C)c5cc4F)c(-c4ccc(C#N)c(F)c4)nc23)C1. The van der Waals surface area contributed by atoms with Gasteiger partial charge in [0.25, 0.3) is 0 Å². The lowest BCUT2D eigenvalue weighted by Gasteiger charge is -2.33. The highest BCUT2D eigenvalue weighted by atomic mass is 19.1. The Morgan fingerprint density at radius 1 is 1.16 bits per heavy atom. The van der Waals surface area contributed by atoms with E-state index in [4.69, 9.17) is 4.98 Å². The monoisotopic (exact) mass is 499 g/mol. The number of fused-ring (bicyclic) bond motifs is 2. The van der Waals surface area contributed by atoms with Gasteiger partial charge in [0, 0.05) is 55.8 Å². The molecule has 6 rings (SSSR count). The standard InChI is InChI=1S/C26H23F2N9/c1-30-17-4-3-8-36(14-17)25-26-32-23(15-5-6-16(13-29)19(27)10-15)24(37(26)9-7-31-25)18-11-21-22(12-20(18)28)35(2)34-33-21/h5-7,9-12,17,30H,3-4,8,14H2,1-2H3/t17-/m1/s1. The molecule has 0 bridgehead atoms. The van der Waals surface area contributed by atoms with Crippen molar-refractivity contribution in [3.8, 4) is 28.6 Å². The molecule has 5 aromatic rings. The van der Waals surface area contributed by atoms with Gasteiger partial charge in [0.05, 0.1) is 22.5 Å². The fourth-order valence-electron chi connectivity index (χ4n) is 5.04. The number of hydrogen-bond acceptors (Lipinski definition) is 7. The van der Waals surface area contributed by atoms with E-state index in [-0.39, 0.29) is 11.1 Å². The second-order valence-corrected chi connectivity index (χ2v) is 9.17. The van der Waals surface area contributed by atoms with E-state index >= 15 is 4.39 Å². The summed E-state index contributed by atoms with van der Waals surface area (Å²) in [5, 5.41) is 20.7. The summed E-state index contributed by atoms with van der Waals surface area (Å²) in [7, 11) is 3.64. The molecule has 0 amide bonds. The summed E-state index contributed by atoms with van der Waals surface area (Å²) in [6.45, 7) is 1.57. The number of anilines is 1. The van der Waals surface area contributed by atoms with Crippen molar-refractivity contribution in [2.24, 2.45) is 7.05 Å². The predicted octanol–water partition coefficient (Wildman–Crippen LogP) is 3.68. The Morgan fingerprint density at radius 3 is 2.81 bits per heavy atom. The molecular formula is C26H23F2N9. The van der Waals surface area contributed by atoms with Crippen molar-refractivity contribution in [1.82, 2.24) is 34.7 Å². The van der Waals surface area contributed by atoms with Gasteiger partial charge in [-0.05, 0) is 38.1 Å². The van der Waals surface area contributed by atoms with Crippen molar-refractivity contribution in [3.63, 3.8) is 0 Å². The number of benzene rings is 2. The van der Waals surface area contributed by atoms with Crippen molar-refractivity contribution in [2.45, 2.75) is 18.9 Å². The van der Waals surface area contributed by atoms with Gasteiger partial charge >= 0.3 is 0 Å². The first-order valence-corrected chi connectivity index (χ1v) is 12.0. The second kappa shape index (κ2) is 8.90. The number of nitrogens with one attached hydrogen (secondary N) is 1. The highest BCUT2D eigenvalue weighted by molar-refractivity contribution is 5.89. The molecule has 11 heteroatoms. The molecule has 0 aliphatic carbocycles. The first-order valence-electron chi connectivity index (χ1n) is 12.0. The van der Waals surface area contributed by atoms with E-state index in [2.05, 4.69) is 25.5 Å². The van der Waals surface area contributed by atoms with E-state index in [0.717, 1.165) is 25.9 Å². The Balaban J connectivity index is 1.62. The van der Waals surface area contributed by atoms with Crippen molar-refractivity contribution >= 4 is 22.5 Å². The van der Waals surface area contributed by atoms with Crippen LogP contribution < -0.4 is 10.2 Å². The summed E-state index contributed by atoms with van der Waals surface area (Å²) in [5.41, 5.74) is 3.03. The number of piperidine rings is 1. The van der Waals surface area contributed by atoms with Crippen molar-refractivity contribution in [1.29, 1.82) is 5.26 Å². The molecule has 2 aromatic carbocycles. The molecule has 0 spiro atoms. The third-order valence-electron chi connectivity index (χ3n) is 6.97. The Labute approximate surface area is 211 Å². The Bertz CT molecular complexity index is 1700. The fourth-order valence-corrected chi connectivity index (χ4v) is 5.04. The summed E-state index contributed by atoms with van der Waals surface area (Å²) in [5.74, 6) is -0.481. The summed E-state index contributed by atoms with van der Waals surface area (Å²) >= 11 is 0. The van der Waals surface area contributed by atoms with Gasteiger partial charge in [0.1, 0.15) is 23.2 Å². The Hall–Kier alpha value is -4.43. The van der Waals surface area contributed by atoms with E-state index in [1.807, 2.05) is 13.1 Å². The largest absolute Gasteiger partial charge is 0.352 e. The van der Waals surface area contributed by atoms with Gasteiger partial charge in [-0.3, -0.25) is 4.40 Å². The van der Waals surface area contributed by atoms with Gasteiger partial charge in [0.15, 0.2) is 11.5 Å². The highest BCUT2D eigenvalue weighted by Crippen LogP contribution is 2.38. The number of likely N-dealkylation sites (N-methyl/N-ethyl adjacent to an activating group) is 1. The minimum absolute atomic E-state index is 0.0741. The van der Waals surface area contributed by atoms with Crippen LogP contribution in [-0.4, -0.2) is 55.5 Å². The number of hydrogen-bond donors (Lipinski definition) is 1. The number of imidazole rings is 1. The van der Waals surface area contributed by atoms with Crippen LogP contribution in [0.3, 0.4) is 0 Å². The molecule has 1 aliphatic heterocycles. The van der Waals surface area contributed by atoms with E-state index in [1.165, 1.54) is 22.9 Å². The molecule has 0 saturated carbocycles. The third kappa shape index (κ3) is 3.77. The van der Waals surface area contributed by atoms with Crippen molar-refractivity contribution < 1.29 is 8.78 Å². The zero-order valence-electron chi connectivity index (χ0n) is 20.3. The summed E-state index contributed by atoms with van der Waals surface area (Å²) < 4.78 is 33.6. The molecule has 1 atom stereocenters. The highest BCUT2D eigenvalue weighted by Gasteiger charge is 2.26. The van der Waals surface area contributed by atoms with Crippen LogP contribution in [0.15, 0.2) is 42.7 Å². The van der Waals surface area contributed by atoms with Gasteiger partial charge in [-0.15, -0.1) is 5.10 Å². The average molecular weight is 500 g/mol. The maximum absolute atomic E-state index is 15.7. The minimum Gasteiger partial charge on any atom is -0.352 e. The number of nitriles is 1. The zero-order chi connectivity index (χ0) is 25.7. The maximum Gasteiger partial charge on any atom is 0.181 e. The average Bonchev–Trinajstić information content (AvgIpc) is 3.48. The van der Waals surface area contributed by atoms with Crippen LogP contribution in [0.25, 0.3) is 39.2 Å². The van der Waals surface area contributed by atoms with Gasteiger partial charge in [-0.1, -0.05) is 11.3 Å². The molecule has 1 N–H and O–H groups in total. The first kappa shape index (κ1) is 23.0. The lowest BCUT2D eigenvalue weighted by Crippen LogP contribution is -2.44. The van der Waals surface area contributed by atoms with Gasteiger partial charge in [-0.25, -0.2) is 23.4 Å². The predicted molar refractivity (Wildman–Crippen MR) is 135 cm³/mol. The number of aromatic nitrogens is 6. The van der Waals surface area contributed by atoms with Crippen LogP contribution in [0.1, 0.15) is 18.4 Å². The molecule has 1 fully saturated rings. The number of halogens is 2. The summed E-state index contributed by atoms with van der Waals surface area (Å²) in [6, 6.07) is 9.45. The lowest BCUT2D eigenvalue weighted by atomic mass is 10.0. The quantitative estimate of drug-likeness (QED) is 0.403.